The van der Waals surface area contributed by atoms with Gasteiger partial charge in [-0.1, -0.05) is 24.3 Å². The highest BCUT2D eigenvalue weighted by atomic mass is 35.5. The number of anilines is 1. The molecule has 2 rings (SSSR count). The summed E-state index contributed by atoms with van der Waals surface area (Å²) >= 11 is 5.79. The Morgan fingerprint density at radius 3 is 2.56 bits per heavy atom. The summed E-state index contributed by atoms with van der Waals surface area (Å²) in [6.07, 6.45) is 6.31. The zero-order chi connectivity index (χ0) is 18.4. The second kappa shape index (κ2) is 7.96. The predicted octanol–water partition coefficient (Wildman–Crippen LogP) is 2.73. The molecular formula is C17H17ClN4O2S. The van der Waals surface area contributed by atoms with Gasteiger partial charge in [-0.2, -0.15) is 0 Å². The minimum Gasteiger partial charge on any atom is -0.399 e. The maximum Gasteiger partial charge on any atom is 0.184 e. The number of nitrogen functional groups attached to an aromatic ring is 1. The lowest BCUT2D eigenvalue weighted by molar-refractivity contribution is 0.594. The quantitative estimate of drug-likeness (QED) is 0.749. The lowest BCUT2D eigenvalue weighted by Crippen LogP contribution is -2.08. The van der Waals surface area contributed by atoms with Crippen LogP contribution in [0.1, 0.15) is 11.5 Å². The van der Waals surface area contributed by atoms with Crippen LogP contribution in [0.15, 0.2) is 65.7 Å². The van der Waals surface area contributed by atoms with Gasteiger partial charge in [-0.15, -0.1) is 0 Å². The molecule has 25 heavy (non-hydrogen) atoms. The van der Waals surface area contributed by atoms with Crippen LogP contribution in [-0.4, -0.2) is 18.4 Å². The van der Waals surface area contributed by atoms with Crippen molar-refractivity contribution < 1.29 is 8.42 Å². The van der Waals surface area contributed by atoms with Crippen molar-refractivity contribution in [3.05, 3.63) is 77.4 Å². The van der Waals surface area contributed by atoms with Crippen LogP contribution in [0.25, 0.3) is 6.08 Å². The first-order valence-corrected chi connectivity index (χ1v) is 9.21. The van der Waals surface area contributed by atoms with E-state index in [1.54, 1.807) is 18.2 Å². The van der Waals surface area contributed by atoms with E-state index >= 15 is 0 Å². The molecule has 1 heterocycles. The van der Waals surface area contributed by atoms with Crippen LogP contribution >= 0.6 is 11.6 Å². The topological polar surface area (TPSA) is 112 Å². The van der Waals surface area contributed by atoms with E-state index in [0.717, 1.165) is 0 Å². The average molecular weight is 377 g/mol. The molecule has 0 unspecified atom stereocenters. The van der Waals surface area contributed by atoms with Gasteiger partial charge in [0.1, 0.15) is 5.82 Å². The van der Waals surface area contributed by atoms with Crippen molar-refractivity contribution in [1.82, 2.24) is 9.97 Å². The summed E-state index contributed by atoms with van der Waals surface area (Å²) in [6.45, 7) is 3.54. The number of halogens is 1. The van der Waals surface area contributed by atoms with E-state index in [1.165, 1.54) is 36.4 Å². The summed E-state index contributed by atoms with van der Waals surface area (Å²) in [5.41, 5.74) is 12.1. The molecule has 2 aromatic rings. The first kappa shape index (κ1) is 18.7. The first-order chi connectivity index (χ1) is 11.8. The van der Waals surface area contributed by atoms with Crippen molar-refractivity contribution in [2.45, 2.75) is 10.6 Å². The van der Waals surface area contributed by atoms with Crippen molar-refractivity contribution in [2.75, 3.05) is 5.73 Å². The fourth-order valence-electron chi connectivity index (χ4n) is 1.92. The van der Waals surface area contributed by atoms with Gasteiger partial charge in [-0.3, -0.25) is 0 Å². The number of rotatable bonds is 6. The molecule has 6 nitrogen and oxygen atoms in total. The molecule has 0 bridgehead atoms. The van der Waals surface area contributed by atoms with Gasteiger partial charge in [0.05, 0.1) is 16.3 Å². The Balaban J connectivity index is 2.27. The number of aromatic nitrogens is 2. The molecule has 0 amide bonds. The number of hydrogen-bond acceptors (Lipinski definition) is 6. The molecule has 0 aliphatic heterocycles. The first-order valence-electron chi connectivity index (χ1n) is 7.18. The van der Waals surface area contributed by atoms with Gasteiger partial charge in [-0.25, -0.2) is 18.4 Å². The largest absolute Gasteiger partial charge is 0.399 e. The number of nitrogens with zero attached hydrogens (tertiary/aromatic N) is 2. The molecule has 0 atom stereocenters. The summed E-state index contributed by atoms with van der Waals surface area (Å²) in [5, 5.41) is 0.463. The zero-order valence-corrected chi connectivity index (χ0v) is 14.8. The fraction of sp³-hybridized carbons (Fsp3) is 0.0588. The predicted molar refractivity (Wildman–Crippen MR) is 100 cm³/mol. The van der Waals surface area contributed by atoms with E-state index < -0.39 is 9.84 Å². The molecule has 4 N–H and O–H groups in total. The minimum atomic E-state index is -3.58. The Kier molecular flexibility index (Phi) is 5.95. The molecule has 1 aromatic heterocycles. The standard InChI is InChI=1S/C17H17ClN4O2S/c1-2-13(19)4-3-5-17-21-14(10-16(20)22-17)11-25(23,24)15-8-6-12(18)7-9-15/h2-10H,1,11,19H2,(H2,20,21,22)/b5-3+,13-4+. The molecule has 0 radical (unpaired) electrons. The zero-order valence-electron chi connectivity index (χ0n) is 13.3. The summed E-state index contributed by atoms with van der Waals surface area (Å²) in [7, 11) is -3.58. The Bertz CT molecular complexity index is 936. The molecule has 0 aliphatic carbocycles. The molecule has 130 valence electrons. The molecule has 8 heteroatoms. The molecule has 0 saturated carbocycles. The fourth-order valence-corrected chi connectivity index (χ4v) is 3.30. The van der Waals surface area contributed by atoms with Gasteiger partial charge in [0.2, 0.25) is 0 Å². The van der Waals surface area contributed by atoms with Crippen molar-refractivity contribution in [2.24, 2.45) is 5.73 Å². The van der Waals surface area contributed by atoms with Gasteiger partial charge in [0.15, 0.2) is 15.7 Å². The number of benzene rings is 1. The Morgan fingerprint density at radius 1 is 1.24 bits per heavy atom. The minimum absolute atomic E-state index is 0.160. The summed E-state index contributed by atoms with van der Waals surface area (Å²) in [4.78, 5) is 8.41. The Hall–Kier alpha value is -2.64. The van der Waals surface area contributed by atoms with Crippen molar-refractivity contribution >= 4 is 33.3 Å². The number of nitrogens with two attached hydrogens (primary N) is 2. The SMILES string of the molecule is C=C/C(N)=C\C=C\c1nc(N)cc(CS(=O)(=O)c2ccc(Cl)cc2)n1. The monoisotopic (exact) mass is 376 g/mol. The van der Waals surface area contributed by atoms with E-state index in [0.29, 0.717) is 16.4 Å². The summed E-state index contributed by atoms with van der Waals surface area (Å²) in [6, 6.07) is 7.37. The van der Waals surface area contributed by atoms with Gasteiger partial charge < -0.3 is 11.5 Å². The third-order valence-electron chi connectivity index (χ3n) is 3.10. The van der Waals surface area contributed by atoms with Crippen LogP contribution in [0.4, 0.5) is 5.82 Å². The molecular weight excluding hydrogens is 360 g/mol. The van der Waals surface area contributed by atoms with Crippen LogP contribution in [-0.2, 0) is 15.6 Å². The van der Waals surface area contributed by atoms with Crippen molar-refractivity contribution in [1.29, 1.82) is 0 Å². The third kappa shape index (κ3) is 5.44. The van der Waals surface area contributed by atoms with Gasteiger partial charge in [0, 0.05) is 16.8 Å². The average Bonchev–Trinajstić information content (AvgIpc) is 2.54. The second-order valence-electron chi connectivity index (χ2n) is 5.09. The smallest absolute Gasteiger partial charge is 0.184 e. The summed E-state index contributed by atoms with van der Waals surface area (Å²) in [5.74, 6) is 0.165. The Labute approximate surface area is 151 Å². The van der Waals surface area contributed by atoms with Crippen LogP contribution in [0.3, 0.4) is 0 Å². The number of hydrogen-bond donors (Lipinski definition) is 2. The van der Waals surface area contributed by atoms with Gasteiger partial charge in [-0.05, 0) is 42.5 Å². The van der Waals surface area contributed by atoms with E-state index in [4.69, 9.17) is 23.1 Å². The molecule has 0 aliphatic rings. The second-order valence-corrected chi connectivity index (χ2v) is 7.51. The third-order valence-corrected chi connectivity index (χ3v) is 5.01. The van der Waals surface area contributed by atoms with Gasteiger partial charge in [0.25, 0.3) is 0 Å². The van der Waals surface area contributed by atoms with Crippen LogP contribution in [0, 0.1) is 0 Å². The number of allylic oxidation sites excluding steroid dienone is 3. The maximum atomic E-state index is 12.5. The van der Waals surface area contributed by atoms with Crippen LogP contribution in [0.5, 0.6) is 0 Å². The van der Waals surface area contributed by atoms with E-state index in [1.807, 2.05) is 0 Å². The van der Waals surface area contributed by atoms with Crippen LogP contribution in [0.2, 0.25) is 5.02 Å². The maximum absolute atomic E-state index is 12.5. The van der Waals surface area contributed by atoms with Crippen molar-refractivity contribution in [3.8, 4) is 0 Å². The highest BCUT2D eigenvalue weighted by Crippen LogP contribution is 2.19. The van der Waals surface area contributed by atoms with Crippen LogP contribution < -0.4 is 11.5 Å². The normalized spacial score (nSPS) is 12.4. The lowest BCUT2D eigenvalue weighted by atomic mass is 10.3. The van der Waals surface area contributed by atoms with Crippen molar-refractivity contribution in [3.63, 3.8) is 0 Å². The highest BCUT2D eigenvalue weighted by Gasteiger charge is 2.17. The van der Waals surface area contributed by atoms with Gasteiger partial charge >= 0.3 is 0 Å². The lowest BCUT2D eigenvalue weighted by Gasteiger charge is -2.06. The Morgan fingerprint density at radius 2 is 1.92 bits per heavy atom. The highest BCUT2D eigenvalue weighted by molar-refractivity contribution is 7.90. The summed E-state index contributed by atoms with van der Waals surface area (Å²) < 4.78 is 25.0. The number of sulfone groups is 1. The molecule has 0 saturated heterocycles. The molecule has 1 aromatic carbocycles. The van der Waals surface area contributed by atoms with E-state index in [2.05, 4.69) is 16.5 Å². The molecule has 0 spiro atoms. The van der Waals surface area contributed by atoms with E-state index in [9.17, 15) is 8.42 Å². The van der Waals surface area contributed by atoms with E-state index in [-0.39, 0.29) is 22.3 Å². The molecule has 0 fully saturated rings.